The van der Waals surface area contributed by atoms with Gasteiger partial charge in [-0.2, -0.15) is 8.42 Å². The van der Waals surface area contributed by atoms with E-state index in [-0.39, 0.29) is 17.3 Å². The van der Waals surface area contributed by atoms with Gasteiger partial charge in [-0.1, -0.05) is 30.3 Å². The molecule has 0 saturated carbocycles. The van der Waals surface area contributed by atoms with Crippen LogP contribution in [-0.2, 0) is 27.6 Å². The van der Waals surface area contributed by atoms with Gasteiger partial charge in [0.25, 0.3) is 10.0 Å². The standard InChI is InChI=1S/C24H23FN2O4S2/c1-2-31-24(28)21-19-10-6-7-11-20(19)32-23(21)26-22(16-8-4-3-5-9-16)27-33(29,30)18-14-12-17(25)13-15-18/h3-5,8-9,12-15H,2,6-7,10-11H2,1H3,(H,26,27). The first-order valence-corrected chi connectivity index (χ1v) is 12.9. The van der Waals surface area contributed by atoms with Gasteiger partial charge in [-0.25, -0.2) is 9.18 Å². The number of aryl methyl sites for hydroxylation is 1. The molecular formula is C24H23FN2O4S2. The zero-order valence-electron chi connectivity index (χ0n) is 18.0. The molecule has 1 N–H and O–H groups in total. The van der Waals surface area contributed by atoms with Crippen molar-refractivity contribution in [3.05, 3.63) is 82.0 Å². The second kappa shape index (κ2) is 9.84. The number of nitrogens with one attached hydrogen (secondary N) is 1. The summed E-state index contributed by atoms with van der Waals surface area (Å²) in [5.74, 6) is -0.903. The molecule has 1 aromatic heterocycles. The van der Waals surface area contributed by atoms with E-state index in [1.807, 2.05) is 6.07 Å². The topological polar surface area (TPSA) is 84.8 Å². The molecule has 6 nitrogen and oxygen atoms in total. The molecule has 4 rings (SSSR count). The molecule has 0 radical (unpaired) electrons. The second-order valence-corrected chi connectivity index (χ2v) is 10.2. The van der Waals surface area contributed by atoms with Gasteiger partial charge >= 0.3 is 5.97 Å². The molecule has 1 aliphatic carbocycles. The fraction of sp³-hybridized carbons (Fsp3) is 0.250. The predicted octanol–water partition coefficient (Wildman–Crippen LogP) is 5.19. The van der Waals surface area contributed by atoms with E-state index in [4.69, 9.17) is 4.74 Å². The van der Waals surface area contributed by atoms with Gasteiger partial charge < -0.3 is 10.1 Å². The maximum Gasteiger partial charge on any atom is 0.341 e. The molecule has 0 bridgehead atoms. The number of hydrogen-bond acceptors (Lipinski definition) is 5. The first kappa shape index (κ1) is 23.1. The maximum absolute atomic E-state index is 13.3. The zero-order chi connectivity index (χ0) is 23.4. The predicted molar refractivity (Wildman–Crippen MR) is 127 cm³/mol. The number of carbonyl (C=O) groups excluding carboxylic acids is 1. The van der Waals surface area contributed by atoms with Gasteiger partial charge in [0.05, 0.1) is 17.1 Å². The number of rotatable bonds is 6. The molecule has 0 atom stereocenters. The van der Waals surface area contributed by atoms with E-state index >= 15 is 0 Å². The molecule has 0 fully saturated rings. The van der Waals surface area contributed by atoms with Gasteiger partial charge in [0.2, 0.25) is 0 Å². The highest BCUT2D eigenvalue weighted by atomic mass is 32.2. The summed E-state index contributed by atoms with van der Waals surface area (Å²) < 4.78 is 48.6. The largest absolute Gasteiger partial charge is 0.462 e. The summed E-state index contributed by atoms with van der Waals surface area (Å²) in [6.45, 7) is 1.98. The number of esters is 1. The highest BCUT2D eigenvalue weighted by molar-refractivity contribution is 7.90. The lowest BCUT2D eigenvalue weighted by molar-refractivity contribution is 0.0526. The molecule has 172 valence electrons. The van der Waals surface area contributed by atoms with Gasteiger partial charge in [-0.15, -0.1) is 15.7 Å². The van der Waals surface area contributed by atoms with Gasteiger partial charge in [-0.05, 0) is 62.4 Å². The second-order valence-electron chi connectivity index (χ2n) is 7.50. The van der Waals surface area contributed by atoms with Crippen LogP contribution in [0.15, 0.2) is 63.9 Å². The van der Waals surface area contributed by atoms with Crippen LogP contribution < -0.4 is 5.32 Å². The van der Waals surface area contributed by atoms with Crippen molar-refractivity contribution in [2.75, 3.05) is 11.9 Å². The summed E-state index contributed by atoms with van der Waals surface area (Å²) in [6.07, 6.45) is 3.65. The van der Waals surface area contributed by atoms with E-state index in [1.54, 1.807) is 31.2 Å². The summed E-state index contributed by atoms with van der Waals surface area (Å²) in [6, 6.07) is 13.3. The monoisotopic (exact) mass is 486 g/mol. The third-order valence-electron chi connectivity index (χ3n) is 5.25. The van der Waals surface area contributed by atoms with Crippen molar-refractivity contribution in [2.45, 2.75) is 37.5 Å². The molecule has 3 aromatic rings. The minimum atomic E-state index is -4.14. The number of amidine groups is 1. The number of carbonyl (C=O) groups is 1. The molecular weight excluding hydrogens is 463 g/mol. The fourth-order valence-electron chi connectivity index (χ4n) is 3.70. The molecule has 9 heteroatoms. The summed E-state index contributed by atoms with van der Waals surface area (Å²) in [5.41, 5.74) is 1.93. The smallest absolute Gasteiger partial charge is 0.341 e. The summed E-state index contributed by atoms with van der Waals surface area (Å²) in [4.78, 5) is 13.8. The highest BCUT2D eigenvalue weighted by Crippen LogP contribution is 2.39. The van der Waals surface area contributed by atoms with Crippen molar-refractivity contribution in [1.82, 2.24) is 0 Å². The Kier molecular flexibility index (Phi) is 6.90. The molecule has 1 heterocycles. The third-order valence-corrected chi connectivity index (χ3v) is 7.75. The minimum Gasteiger partial charge on any atom is -0.462 e. The first-order chi connectivity index (χ1) is 15.9. The Bertz CT molecular complexity index is 1280. The van der Waals surface area contributed by atoms with Crippen LogP contribution in [0.5, 0.6) is 0 Å². The van der Waals surface area contributed by atoms with E-state index in [0.717, 1.165) is 48.3 Å². The van der Waals surface area contributed by atoms with Crippen molar-refractivity contribution in [2.24, 2.45) is 4.40 Å². The molecule has 0 amide bonds. The lowest BCUT2D eigenvalue weighted by Gasteiger charge is -2.13. The summed E-state index contributed by atoms with van der Waals surface area (Å²) in [7, 11) is -4.14. The summed E-state index contributed by atoms with van der Waals surface area (Å²) in [5, 5.41) is 3.62. The lowest BCUT2D eigenvalue weighted by atomic mass is 9.95. The lowest BCUT2D eigenvalue weighted by Crippen LogP contribution is -2.18. The van der Waals surface area contributed by atoms with Crippen molar-refractivity contribution < 1.29 is 22.3 Å². The number of hydrogen-bond donors (Lipinski definition) is 1. The van der Waals surface area contributed by atoms with E-state index < -0.39 is 21.8 Å². The van der Waals surface area contributed by atoms with Crippen LogP contribution in [0.25, 0.3) is 0 Å². The molecule has 33 heavy (non-hydrogen) atoms. The molecule has 0 unspecified atom stereocenters. The molecule has 0 spiro atoms. The van der Waals surface area contributed by atoms with Crippen LogP contribution in [0.3, 0.4) is 0 Å². The Morgan fingerprint density at radius 3 is 2.48 bits per heavy atom. The molecule has 0 saturated heterocycles. The minimum absolute atomic E-state index is 0.0732. The highest BCUT2D eigenvalue weighted by Gasteiger charge is 2.27. The van der Waals surface area contributed by atoms with E-state index in [0.29, 0.717) is 16.1 Å². The zero-order valence-corrected chi connectivity index (χ0v) is 19.6. The van der Waals surface area contributed by atoms with Crippen LogP contribution in [0, 0.1) is 5.82 Å². The average Bonchev–Trinajstić information content (AvgIpc) is 3.17. The fourth-order valence-corrected chi connectivity index (χ4v) is 5.96. The normalized spacial score (nSPS) is 13.9. The number of thiophene rings is 1. The van der Waals surface area contributed by atoms with Crippen molar-refractivity contribution in [3.8, 4) is 0 Å². The van der Waals surface area contributed by atoms with Gasteiger partial charge in [0, 0.05) is 10.4 Å². The number of benzene rings is 2. The van der Waals surface area contributed by atoms with Crippen molar-refractivity contribution in [3.63, 3.8) is 0 Å². The van der Waals surface area contributed by atoms with Crippen molar-refractivity contribution in [1.29, 1.82) is 0 Å². The van der Waals surface area contributed by atoms with Crippen LogP contribution in [0.4, 0.5) is 9.39 Å². The first-order valence-electron chi connectivity index (χ1n) is 10.6. The van der Waals surface area contributed by atoms with Crippen molar-refractivity contribution >= 4 is 38.2 Å². The van der Waals surface area contributed by atoms with Crippen LogP contribution in [0.2, 0.25) is 0 Å². The number of fused-ring (bicyclic) bond motifs is 1. The molecule has 0 aliphatic heterocycles. The van der Waals surface area contributed by atoms with Gasteiger partial charge in [0.1, 0.15) is 10.8 Å². The number of halogens is 1. The SMILES string of the molecule is CCOC(=O)c1c(NC(=NS(=O)(=O)c2ccc(F)cc2)c2ccccc2)sc2c1CCCC2. The average molecular weight is 487 g/mol. The van der Waals surface area contributed by atoms with Crippen LogP contribution in [0.1, 0.15) is 46.1 Å². The molecule has 1 aliphatic rings. The Hall–Kier alpha value is -3.04. The maximum atomic E-state index is 13.3. The quantitative estimate of drug-likeness (QED) is 0.294. The number of nitrogens with zero attached hydrogens (tertiary/aromatic N) is 1. The number of anilines is 1. The number of sulfonamides is 1. The Labute approximate surface area is 196 Å². The number of ether oxygens (including phenoxy) is 1. The van der Waals surface area contributed by atoms with Gasteiger partial charge in [-0.3, -0.25) is 0 Å². The Morgan fingerprint density at radius 2 is 1.79 bits per heavy atom. The van der Waals surface area contributed by atoms with E-state index in [1.165, 1.54) is 23.5 Å². The summed E-state index contributed by atoms with van der Waals surface area (Å²) >= 11 is 1.43. The third kappa shape index (κ3) is 5.15. The van der Waals surface area contributed by atoms with E-state index in [2.05, 4.69) is 9.71 Å². The molecule has 2 aromatic carbocycles. The van der Waals surface area contributed by atoms with E-state index in [9.17, 15) is 17.6 Å². The Morgan fingerprint density at radius 1 is 1.09 bits per heavy atom. The van der Waals surface area contributed by atoms with Crippen LogP contribution in [-0.4, -0.2) is 26.8 Å². The Balaban J connectivity index is 1.81. The van der Waals surface area contributed by atoms with Crippen LogP contribution >= 0.6 is 11.3 Å². The van der Waals surface area contributed by atoms with Gasteiger partial charge in [0.15, 0.2) is 5.84 Å².